The van der Waals surface area contributed by atoms with Gasteiger partial charge in [0.1, 0.15) is 0 Å². The minimum Gasteiger partial charge on any atom is -0.380 e. The quantitative estimate of drug-likeness (QED) is 0.609. The van der Waals surface area contributed by atoms with Crippen LogP contribution in [0, 0.1) is 31.1 Å². The van der Waals surface area contributed by atoms with Gasteiger partial charge in [0.05, 0.1) is 36.7 Å². The third kappa shape index (κ3) is 5.26. The Labute approximate surface area is 182 Å². The van der Waals surface area contributed by atoms with Crippen molar-refractivity contribution in [3.05, 3.63) is 59.2 Å². The predicted molar refractivity (Wildman–Crippen MR) is 122 cm³/mol. The lowest BCUT2D eigenvalue weighted by Gasteiger charge is -2.44. The van der Waals surface area contributed by atoms with Gasteiger partial charge in [-0.25, -0.2) is 0 Å². The first-order chi connectivity index (χ1) is 14.3. The first-order valence-electron chi connectivity index (χ1n) is 11.2. The maximum Gasteiger partial charge on any atom is 0.0604 e. The summed E-state index contributed by atoms with van der Waals surface area (Å²) < 4.78 is 5.67. The Morgan fingerprint density at radius 3 is 1.57 bits per heavy atom. The van der Waals surface area contributed by atoms with E-state index in [2.05, 4.69) is 74.3 Å². The number of ether oxygens (including phenoxy) is 1. The molecule has 5 nitrogen and oxygen atoms in total. The second-order valence-electron chi connectivity index (χ2n) is 9.61. The minimum atomic E-state index is 0.103. The molecule has 1 aliphatic rings. The highest BCUT2D eigenvalue weighted by Gasteiger charge is 2.40. The van der Waals surface area contributed by atoms with E-state index in [1.54, 1.807) is 0 Å². The normalized spacial score (nSPS) is 17.7. The molecule has 1 aliphatic heterocycles. The Bertz CT molecular complexity index is 753. The van der Waals surface area contributed by atoms with Gasteiger partial charge in [-0.3, -0.25) is 9.97 Å². The molecule has 1 fully saturated rings. The number of pyridine rings is 2. The first-order valence-corrected chi connectivity index (χ1v) is 11.2. The van der Waals surface area contributed by atoms with E-state index in [1.807, 2.05) is 24.5 Å². The number of aromatic nitrogens is 2. The van der Waals surface area contributed by atoms with Gasteiger partial charge in [0.2, 0.25) is 0 Å². The summed E-state index contributed by atoms with van der Waals surface area (Å²) in [5.74, 6) is 0.924. The zero-order valence-electron chi connectivity index (χ0n) is 19.4. The summed E-state index contributed by atoms with van der Waals surface area (Å²) in [6.45, 7) is 16.7. The van der Waals surface area contributed by atoms with Gasteiger partial charge in [-0.15, -0.1) is 0 Å². The monoisotopic (exact) mass is 410 g/mol. The van der Waals surface area contributed by atoms with Crippen LogP contribution < -0.4 is 10.6 Å². The van der Waals surface area contributed by atoms with Crippen molar-refractivity contribution in [2.45, 2.75) is 53.6 Å². The molecule has 0 radical (unpaired) electrons. The van der Waals surface area contributed by atoms with Crippen LogP contribution in [0.3, 0.4) is 0 Å². The summed E-state index contributed by atoms with van der Waals surface area (Å²) in [4.78, 5) is 9.35. The fraction of sp³-hybridized carbons (Fsp3) is 0.600. The van der Waals surface area contributed by atoms with E-state index < -0.39 is 0 Å². The summed E-state index contributed by atoms with van der Waals surface area (Å²) in [5.41, 5.74) is 4.89. The van der Waals surface area contributed by atoms with E-state index >= 15 is 0 Å². The highest BCUT2D eigenvalue weighted by Crippen LogP contribution is 2.31. The molecule has 3 heterocycles. The molecule has 2 N–H and O–H groups in total. The number of hydrogen-bond acceptors (Lipinski definition) is 5. The van der Waals surface area contributed by atoms with Crippen LogP contribution in [0.1, 0.15) is 62.3 Å². The molecule has 1 saturated heterocycles. The van der Waals surface area contributed by atoms with Crippen molar-refractivity contribution in [2.75, 3.05) is 26.3 Å². The third-order valence-corrected chi connectivity index (χ3v) is 6.23. The molecule has 30 heavy (non-hydrogen) atoms. The van der Waals surface area contributed by atoms with Gasteiger partial charge in [0.15, 0.2) is 0 Å². The molecule has 0 aliphatic carbocycles. The molecule has 2 aromatic rings. The average Bonchev–Trinajstić information content (AvgIpc) is 2.67. The molecule has 2 aromatic heterocycles. The lowest BCUT2D eigenvalue weighted by atomic mass is 9.83. The topological polar surface area (TPSA) is 59.1 Å². The Kier molecular flexibility index (Phi) is 7.61. The van der Waals surface area contributed by atoms with E-state index in [1.165, 1.54) is 11.1 Å². The number of nitrogens with zero attached hydrogens (tertiary/aromatic N) is 2. The predicted octanol–water partition coefficient (Wildman–Crippen LogP) is 4.38. The summed E-state index contributed by atoms with van der Waals surface area (Å²) in [6, 6.07) is 8.78. The smallest absolute Gasteiger partial charge is 0.0604 e. The van der Waals surface area contributed by atoms with Crippen molar-refractivity contribution < 1.29 is 4.74 Å². The zero-order chi connectivity index (χ0) is 21.7. The van der Waals surface area contributed by atoms with Crippen LogP contribution in [-0.2, 0) is 4.74 Å². The summed E-state index contributed by atoms with van der Waals surface area (Å²) in [7, 11) is 0. The molecular weight excluding hydrogens is 372 g/mol. The highest BCUT2D eigenvalue weighted by atomic mass is 16.5. The molecule has 2 unspecified atom stereocenters. The molecule has 164 valence electrons. The van der Waals surface area contributed by atoms with Gasteiger partial charge >= 0.3 is 0 Å². The second-order valence-corrected chi connectivity index (χ2v) is 9.61. The van der Waals surface area contributed by atoms with E-state index in [4.69, 9.17) is 4.74 Å². The van der Waals surface area contributed by atoms with Gasteiger partial charge in [-0.05, 0) is 48.9 Å². The van der Waals surface area contributed by atoms with E-state index in [9.17, 15) is 0 Å². The van der Waals surface area contributed by atoms with E-state index in [0.717, 1.165) is 37.7 Å². The zero-order valence-corrected chi connectivity index (χ0v) is 19.4. The van der Waals surface area contributed by atoms with Crippen molar-refractivity contribution >= 4 is 0 Å². The minimum absolute atomic E-state index is 0.103. The number of aryl methyl sites for hydroxylation is 2. The van der Waals surface area contributed by atoms with Crippen LogP contribution in [0.15, 0.2) is 36.7 Å². The van der Waals surface area contributed by atoms with Gasteiger partial charge in [-0.1, -0.05) is 39.8 Å². The molecule has 0 aromatic carbocycles. The van der Waals surface area contributed by atoms with Crippen molar-refractivity contribution in [2.24, 2.45) is 17.3 Å². The van der Waals surface area contributed by atoms with E-state index in [-0.39, 0.29) is 17.5 Å². The summed E-state index contributed by atoms with van der Waals surface area (Å²) in [6.07, 6.45) is 3.79. The first kappa shape index (κ1) is 22.9. The van der Waals surface area contributed by atoms with Crippen molar-refractivity contribution in [1.82, 2.24) is 20.6 Å². The van der Waals surface area contributed by atoms with Crippen molar-refractivity contribution in [1.29, 1.82) is 0 Å². The second kappa shape index (κ2) is 9.99. The van der Waals surface area contributed by atoms with Crippen molar-refractivity contribution in [3.63, 3.8) is 0 Å². The standard InChI is InChI=1S/C25H38N4O/c1-17(2)21(23-19(5)9-7-11-26-23)28-13-25(15-30-16-25)14-29-22(18(3)4)24-20(6)10-8-12-27-24/h7-12,17-18,21-22,28-29H,13-16H2,1-6H3. The molecule has 3 rings (SSSR count). The van der Waals surface area contributed by atoms with Gasteiger partial charge in [0.25, 0.3) is 0 Å². The molecule has 5 heteroatoms. The fourth-order valence-electron chi connectivity index (χ4n) is 4.25. The van der Waals surface area contributed by atoms with Crippen LogP contribution in [0.25, 0.3) is 0 Å². The van der Waals surface area contributed by atoms with Crippen LogP contribution in [0.5, 0.6) is 0 Å². The summed E-state index contributed by atoms with van der Waals surface area (Å²) in [5, 5.41) is 7.65. The van der Waals surface area contributed by atoms with Crippen LogP contribution in [-0.4, -0.2) is 36.3 Å². The number of nitrogens with one attached hydrogen (secondary N) is 2. The number of hydrogen-bond donors (Lipinski definition) is 2. The van der Waals surface area contributed by atoms with Gasteiger partial charge in [0, 0.05) is 30.9 Å². The lowest BCUT2D eigenvalue weighted by Crippen LogP contribution is -2.56. The van der Waals surface area contributed by atoms with Gasteiger partial charge < -0.3 is 15.4 Å². The molecule has 0 spiro atoms. The molecule has 0 saturated carbocycles. The Hall–Kier alpha value is -1.82. The van der Waals surface area contributed by atoms with Crippen LogP contribution in [0.4, 0.5) is 0 Å². The van der Waals surface area contributed by atoms with Crippen LogP contribution >= 0.6 is 0 Å². The molecule has 0 amide bonds. The fourth-order valence-corrected chi connectivity index (χ4v) is 4.25. The van der Waals surface area contributed by atoms with Gasteiger partial charge in [-0.2, -0.15) is 0 Å². The maximum atomic E-state index is 5.67. The summed E-state index contributed by atoms with van der Waals surface area (Å²) >= 11 is 0. The third-order valence-electron chi connectivity index (χ3n) is 6.23. The average molecular weight is 411 g/mol. The Morgan fingerprint density at radius 1 is 0.833 bits per heavy atom. The largest absolute Gasteiger partial charge is 0.380 e. The lowest BCUT2D eigenvalue weighted by molar-refractivity contribution is -0.112. The molecule has 2 atom stereocenters. The molecule has 0 bridgehead atoms. The highest BCUT2D eigenvalue weighted by molar-refractivity contribution is 5.23. The molecular formula is C25H38N4O. The van der Waals surface area contributed by atoms with Crippen molar-refractivity contribution in [3.8, 4) is 0 Å². The number of rotatable bonds is 10. The Morgan fingerprint density at radius 2 is 1.27 bits per heavy atom. The maximum absolute atomic E-state index is 5.67. The van der Waals surface area contributed by atoms with E-state index in [0.29, 0.717) is 11.8 Å². The SMILES string of the molecule is Cc1cccnc1C(NCC1(CNC(c2ncccc2C)C(C)C)COC1)C(C)C. The van der Waals surface area contributed by atoms with Crippen LogP contribution in [0.2, 0.25) is 0 Å². The Balaban J connectivity index is 1.68.